The standard InChI is InChI=1S/C9H6ClFS2/c10-3-5-1-2-7(12)9-8(5)6(11)4-13-9/h1-2,4,12H,3H2. The van der Waals surface area contributed by atoms with E-state index in [9.17, 15) is 4.39 Å². The molecule has 0 aliphatic carbocycles. The number of fused-ring (bicyclic) bond motifs is 1. The van der Waals surface area contributed by atoms with Crippen LogP contribution in [0.3, 0.4) is 0 Å². The van der Waals surface area contributed by atoms with Gasteiger partial charge in [-0.25, -0.2) is 4.39 Å². The Morgan fingerprint density at radius 3 is 2.92 bits per heavy atom. The Kier molecular flexibility index (Phi) is 2.49. The third-order valence-electron chi connectivity index (χ3n) is 1.89. The van der Waals surface area contributed by atoms with E-state index in [-0.39, 0.29) is 5.82 Å². The van der Waals surface area contributed by atoms with Crippen LogP contribution in [0.5, 0.6) is 0 Å². The molecular weight excluding hydrogens is 227 g/mol. The van der Waals surface area contributed by atoms with E-state index in [0.717, 1.165) is 15.2 Å². The van der Waals surface area contributed by atoms with Gasteiger partial charge in [-0.2, -0.15) is 0 Å². The van der Waals surface area contributed by atoms with Gasteiger partial charge in [0.1, 0.15) is 5.82 Å². The fourth-order valence-electron chi connectivity index (χ4n) is 1.27. The van der Waals surface area contributed by atoms with Gasteiger partial charge in [0.25, 0.3) is 0 Å². The van der Waals surface area contributed by atoms with E-state index in [1.165, 1.54) is 16.7 Å². The molecule has 0 radical (unpaired) electrons. The van der Waals surface area contributed by atoms with Crippen molar-refractivity contribution < 1.29 is 4.39 Å². The molecule has 13 heavy (non-hydrogen) atoms. The highest BCUT2D eigenvalue weighted by Gasteiger charge is 2.10. The highest BCUT2D eigenvalue weighted by molar-refractivity contribution is 7.80. The molecule has 0 saturated carbocycles. The second-order valence-electron chi connectivity index (χ2n) is 2.67. The van der Waals surface area contributed by atoms with Crippen LogP contribution < -0.4 is 0 Å². The first-order valence-electron chi connectivity index (χ1n) is 3.67. The largest absolute Gasteiger partial charge is 0.205 e. The lowest BCUT2D eigenvalue weighted by molar-refractivity contribution is 0.643. The van der Waals surface area contributed by atoms with Gasteiger partial charge in [-0.05, 0) is 11.6 Å². The van der Waals surface area contributed by atoms with Crippen LogP contribution in [0.4, 0.5) is 4.39 Å². The summed E-state index contributed by atoms with van der Waals surface area (Å²) in [6.07, 6.45) is 0. The van der Waals surface area contributed by atoms with E-state index in [2.05, 4.69) is 12.6 Å². The number of hydrogen-bond acceptors (Lipinski definition) is 2. The van der Waals surface area contributed by atoms with Crippen LogP contribution in [-0.2, 0) is 5.88 Å². The van der Waals surface area contributed by atoms with Crippen LogP contribution in [0.25, 0.3) is 10.1 Å². The molecule has 0 saturated heterocycles. The van der Waals surface area contributed by atoms with Crippen LogP contribution in [0.15, 0.2) is 22.4 Å². The first-order valence-corrected chi connectivity index (χ1v) is 5.53. The van der Waals surface area contributed by atoms with Crippen LogP contribution in [-0.4, -0.2) is 0 Å². The molecule has 0 nitrogen and oxygen atoms in total. The van der Waals surface area contributed by atoms with E-state index in [4.69, 9.17) is 11.6 Å². The number of alkyl halides is 1. The average Bonchev–Trinajstić information content (AvgIpc) is 2.51. The van der Waals surface area contributed by atoms with E-state index in [1.807, 2.05) is 12.1 Å². The zero-order valence-corrected chi connectivity index (χ0v) is 9.02. The van der Waals surface area contributed by atoms with Crippen molar-refractivity contribution in [1.29, 1.82) is 0 Å². The smallest absolute Gasteiger partial charge is 0.142 e. The van der Waals surface area contributed by atoms with Crippen molar-refractivity contribution in [3.63, 3.8) is 0 Å². The van der Waals surface area contributed by atoms with Crippen molar-refractivity contribution in [3.05, 3.63) is 28.9 Å². The molecule has 4 heteroatoms. The van der Waals surface area contributed by atoms with Crippen molar-refractivity contribution in [2.24, 2.45) is 0 Å². The molecule has 1 aromatic heterocycles. The number of hydrogen-bond donors (Lipinski definition) is 1. The first-order chi connectivity index (χ1) is 6.24. The second kappa shape index (κ2) is 3.48. The molecule has 0 spiro atoms. The van der Waals surface area contributed by atoms with Crippen LogP contribution >= 0.6 is 35.6 Å². The van der Waals surface area contributed by atoms with Crippen LogP contribution in [0.1, 0.15) is 5.56 Å². The molecule has 0 N–H and O–H groups in total. The topological polar surface area (TPSA) is 0 Å². The van der Waals surface area contributed by atoms with Gasteiger partial charge in [0.2, 0.25) is 0 Å². The lowest BCUT2D eigenvalue weighted by Crippen LogP contribution is -1.81. The molecule has 68 valence electrons. The summed E-state index contributed by atoms with van der Waals surface area (Å²) in [5.74, 6) is 0.129. The molecule has 2 rings (SSSR count). The normalized spacial score (nSPS) is 11.0. The Hall–Kier alpha value is -0.250. The minimum absolute atomic E-state index is 0.202. The SMILES string of the molecule is Fc1csc2c(S)ccc(CCl)c12. The molecule has 0 aliphatic rings. The molecule has 0 aliphatic heterocycles. The Balaban J connectivity index is 2.88. The first kappa shape index (κ1) is 9.31. The second-order valence-corrected chi connectivity index (χ2v) is 4.29. The maximum Gasteiger partial charge on any atom is 0.142 e. The van der Waals surface area contributed by atoms with Gasteiger partial charge in [-0.15, -0.1) is 35.6 Å². The summed E-state index contributed by atoms with van der Waals surface area (Å²) >= 11 is 11.3. The number of thiophene rings is 1. The van der Waals surface area contributed by atoms with Gasteiger partial charge in [-0.1, -0.05) is 6.07 Å². The van der Waals surface area contributed by atoms with Crippen molar-refractivity contribution in [1.82, 2.24) is 0 Å². The van der Waals surface area contributed by atoms with E-state index in [1.54, 1.807) is 0 Å². The third kappa shape index (κ3) is 1.45. The van der Waals surface area contributed by atoms with Crippen molar-refractivity contribution in [2.45, 2.75) is 10.8 Å². The van der Waals surface area contributed by atoms with Crippen molar-refractivity contribution >= 4 is 45.7 Å². The van der Waals surface area contributed by atoms with E-state index >= 15 is 0 Å². The summed E-state index contributed by atoms with van der Waals surface area (Å²) in [7, 11) is 0. The maximum absolute atomic E-state index is 13.3. The lowest BCUT2D eigenvalue weighted by Gasteiger charge is -2.00. The van der Waals surface area contributed by atoms with Gasteiger partial charge < -0.3 is 0 Å². The van der Waals surface area contributed by atoms with Gasteiger partial charge in [0.15, 0.2) is 0 Å². The quantitative estimate of drug-likeness (QED) is 0.556. The minimum atomic E-state index is -0.202. The predicted molar refractivity (Wildman–Crippen MR) is 58.6 cm³/mol. The third-order valence-corrected chi connectivity index (χ3v) is 3.68. The molecule has 1 heterocycles. The van der Waals surface area contributed by atoms with Gasteiger partial charge >= 0.3 is 0 Å². The number of benzene rings is 1. The number of thiol groups is 1. The highest BCUT2D eigenvalue weighted by atomic mass is 35.5. The zero-order valence-electron chi connectivity index (χ0n) is 6.55. The Morgan fingerprint density at radius 2 is 2.23 bits per heavy atom. The maximum atomic E-state index is 13.3. The fourth-order valence-corrected chi connectivity index (χ4v) is 2.72. The Labute approximate surface area is 89.7 Å². The van der Waals surface area contributed by atoms with E-state index < -0.39 is 0 Å². The Morgan fingerprint density at radius 1 is 1.46 bits per heavy atom. The van der Waals surface area contributed by atoms with Gasteiger partial charge in [0, 0.05) is 21.5 Å². The summed E-state index contributed by atoms with van der Waals surface area (Å²) in [5, 5.41) is 2.10. The summed E-state index contributed by atoms with van der Waals surface area (Å²) in [5.41, 5.74) is 0.827. The minimum Gasteiger partial charge on any atom is -0.205 e. The molecule has 0 fully saturated rings. The van der Waals surface area contributed by atoms with Crippen LogP contribution in [0, 0.1) is 5.82 Å². The van der Waals surface area contributed by atoms with Gasteiger partial charge in [-0.3, -0.25) is 0 Å². The summed E-state index contributed by atoms with van der Waals surface area (Å²) in [4.78, 5) is 0.803. The van der Waals surface area contributed by atoms with Gasteiger partial charge in [0.05, 0.1) is 4.70 Å². The molecule has 0 atom stereocenters. The molecule has 1 aromatic carbocycles. The van der Waals surface area contributed by atoms with Crippen molar-refractivity contribution in [3.8, 4) is 0 Å². The molecule has 2 aromatic rings. The zero-order chi connectivity index (χ0) is 9.42. The average molecular weight is 233 g/mol. The molecule has 0 bridgehead atoms. The summed E-state index contributed by atoms with van der Waals surface area (Å²) < 4.78 is 14.2. The predicted octanol–water partition coefficient (Wildman–Crippen LogP) is 4.07. The lowest BCUT2D eigenvalue weighted by atomic mass is 10.1. The van der Waals surface area contributed by atoms with E-state index in [0.29, 0.717) is 11.3 Å². The Bertz CT molecular complexity index is 450. The summed E-state index contributed by atoms with van der Waals surface area (Å²) in [6, 6.07) is 3.66. The molecular formula is C9H6ClFS2. The number of halogens is 2. The number of rotatable bonds is 1. The van der Waals surface area contributed by atoms with Crippen molar-refractivity contribution in [2.75, 3.05) is 0 Å². The fraction of sp³-hybridized carbons (Fsp3) is 0.111. The summed E-state index contributed by atoms with van der Waals surface area (Å²) in [6.45, 7) is 0. The molecule has 0 unspecified atom stereocenters. The monoisotopic (exact) mass is 232 g/mol. The molecule has 0 amide bonds. The highest BCUT2D eigenvalue weighted by Crippen LogP contribution is 2.33. The van der Waals surface area contributed by atoms with Crippen LogP contribution in [0.2, 0.25) is 0 Å².